The summed E-state index contributed by atoms with van der Waals surface area (Å²) in [7, 11) is 0. The van der Waals surface area contributed by atoms with Crippen LogP contribution in [0.4, 0.5) is 18.0 Å². The van der Waals surface area contributed by atoms with Gasteiger partial charge in [-0.3, -0.25) is 5.32 Å². The van der Waals surface area contributed by atoms with Gasteiger partial charge >= 0.3 is 24.2 Å². The summed E-state index contributed by atoms with van der Waals surface area (Å²) in [5, 5.41) is 1.74. The molecule has 0 aromatic heterocycles. The third kappa shape index (κ3) is 5.22. The fourth-order valence-electron chi connectivity index (χ4n) is 3.72. The molecule has 1 amide bonds. The van der Waals surface area contributed by atoms with Gasteiger partial charge < -0.3 is 14.2 Å². The van der Waals surface area contributed by atoms with Crippen LogP contribution in [-0.4, -0.2) is 44.0 Å². The lowest BCUT2D eigenvalue weighted by atomic mass is 9.98. The molecule has 1 aliphatic carbocycles. The minimum Gasteiger partial charge on any atom is -0.462 e. The molecule has 1 N–H and O–H groups in total. The number of alkyl halides is 3. The van der Waals surface area contributed by atoms with E-state index in [0.717, 1.165) is 22.3 Å². The number of alkyl carbamates (subject to hydrolysis) is 1. The molecular weight excluding hydrogens is 455 g/mol. The van der Waals surface area contributed by atoms with Crippen molar-refractivity contribution in [3.63, 3.8) is 0 Å². The molecule has 0 radical (unpaired) electrons. The molecule has 0 unspecified atom stereocenters. The number of carbonyl (C=O) groups is 3. The second kappa shape index (κ2) is 10.4. The third-order valence-electron chi connectivity index (χ3n) is 5.06. The first kappa shape index (κ1) is 24.8. The fraction of sp³-hybridized carbons (Fsp3) is 0.292. The maximum atomic E-state index is 13.6. The molecule has 0 atom stereocenters. The van der Waals surface area contributed by atoms with Crippen molar-refractivity contribution in [2.45, 2.75) is 25.9 Å². The predicted molar refractivity (Wildman–Crippen MR) is 115 cm³/mol. The van der Waals surface area contributed by atoms with E-state index in [-0.39, 0.29) is 25.7 Å². The van der Waals surface area contributed by atoms with Crippen molar-refractivity contribution in [2.75, 3.05) is 19.8 Å². The van der Waals surface area contributed by atoms with Gasteiger partial charge in [0.15, 0.2) is 5.57 Å². The van der Waals surface area contributed by atoms with Crippen LogP contribution in [0.3, 0.4) is 0 Å². The largest absolute Gasteiger partial charge is 0.462 e. The van der Waals surface area contributed by atoms with E-state index in [1.165, 1.54) is 13.8 Å². The van der Waals surface area contributed by atoms with Crippen LogP contribution in [0.2, 0.25) is 0 Å². The number of carbonyl (C=O) groups excluding carboxylic acids is 3. The number of hydrogen-bond donors (Lipinski definition) is 1. The molecule has 3 rings (SSSR count). The van der Waals surface area contributed by atoms with E-state index >= 15 is 0 Å². The summed E-state index contributed by atoms with van der Waals surface area (Å²) in [6.45, 7) is 1.79. The SMILES string of the molecule is CCOC(=O)/C(NC(=O)OCC1c2ccccc2-c2ccccc21)=C(\C(=O)OCC)C(F)(F)F. The van der Waals surface area contributed by atoms with Crippen molar-refractivity contribution >= 4 is 18.0 Å². The summed E-state index contributed by atoms with van der Waals surface area (Å²) in [6.07, 6.45) is -6.65. The standard InChI is InChI=1S/C24H22F3NO6/c1-3-32-21(29)19(24(25,26)27)20(22(30)33-4-2)28-23(31)34-13-18-16-11-7-5-9-14(16)15-10-6-8-12-17(15)18/h5-12,18H,3-4,13H2,1-2H3,(H,28,31)/b20-19-. The summed E-state index contributed by atoms with van der Waals surface area (Å²) >= 11 is 0. The predicted octanol–water partition coefficient (Wildman–Crippen LogP) is 4.47. The second-order valence-corrected chi connectivity index (χ2v) is 7.14. The van der Waals surface area contributed by atoms with Gasteiger partial charge in [0.2, 0.25) is 0 Å². The van der Waals surface area contributed by atoms with Gasteiger partial charge in [-0.15, -0.1) is 0 Å². The van der Waals surface area contributed by atoms with E-state index < -0.39 is 35.5 Å². The zero-order valence-electron chi connectivity index (χ0n) is 18.4. The van der Waals surface area contributed by atoms with Crippen molar-refractivity contribution < 1.29 is 41.8 Å². The van der Waals surface area contributed by atoms with E-state index in [2.05, 4.69) is 9.47 Å². The van der Waals surface area contributed by atoms with Gasteiger partial charge in [-0.05, 0) is 36.1 Å². The first-order chi connectivity index (χ1) is 16.2. The number of amides is 1. The van der Waals surface area contributed by atoms with E-state index in [4.69, 9.17) is 4.74 Å². The van der Waals surface area contributed by atoms with Gasteiger partial charge in [-0.2, -0.15) is 13.2 Å². The minimum absolute atomic E-state index is 0.212. The number of ether oxygens (including phenoxy) is 3. The Labute approximate surface area is 193 Å². The highest BCUT2D eigenvalue weighted by atomic mass is 19.4. The van der Waals surface area contributed by atoms with Crippen LogP contribution in [0.15, 0.2) is 59.8 Å². The van der Waals surface area contributed by atoms with Crippen LogP contribution in [0.25, 0.3) is 11.1 Å². The van der Waals surface area contributed by atoms with Crippen LogP contribution < -0.4 is 5.32 Å². The molecule has 34 heavy (non-hydrogen) atoms. The van der Waals surface area contributed by atoms with Crippen molar-refractivity contribution in [3.05, 3.63) is 70.9 Å². The Morgan fingerprint density at radius 2 is 1.32 bits per heavy atom. The molecule has 2 aromatic rings. The van der Waals surface area contributed by atoms with Crippen LogP contribution >= 0.6 is 0 Å². The monoisotopic (exact) mass is 477 g/mol. The summed E-state index contributed by atoms with van der Waals surface area (Å²) in [5.41, 5.74) is 0.313. The molecule has 0 fully saturated rings. The lowest BCUT2D eigenvalue weighted by Gasteiger charge is -2.18. The Hall–Kier alpha value is -3.82. The third-order valence-corrected chi connectivity index (χ3v) is 5.06. The van der Waals surface area contributed by atoms with Crippen molar-refractivity contribution in [3.8, 4) is 11.1 Å². The lowest BCUT2D eigenvalue weighted by molar-refractivity contribution is -0.153. The second-order valence-electron chi connectivity index (χ2n) is 7.14. The maximum absolute atomic E-state index is 13.6. The molecule has 10 heteroatoms. The normalized spacial score (nSPS) is 13.3. The smallest absolute Gasteiger partial charge is 0.425 e. The Morgan fingerprint density at radius 1 is 0.824 bits per heavy atom. The van der Waals surface area contributed by atoms with E-state index in [9.17, 15) is 27.6 Å². The Balaban J connectivity index is 1.86. The lowest BCUT2D eigenvalue weighted by Crippen LogP contribution is -2.36. The molecule has 0 spiro atoms. The van der Waals surface area contributed by atoms with Gasteiger partial charge in [0.25, 0.3) is 0 Å². The summed E-state index contributed by atoms with van der Waals surface area (Å²) in [5.74, 6) is -3.73. The number of esters is 2. The Morgan fingerprint density at radius 3 is 1.82 bits per heavy atom. The summed E-state index contributed by atoms with van der Waals surface area (Å²) in [6, 6.07) is 15.0. The van der Waals surface area contributed by atoms with Crippen molar-refractivity contribution in [2.24, 2.45) is 0 Å². The van der Waals surface area contributed by atoms with Gasteiger partial charge in [-0.1, -0.05) is 48.5 Å². The minimum atomic E-state index is -5.30. The Kier molecular flexibility index (Phi) is 7.60. The van der Waals surface area contributed by atoms with Gasteiger partial charge in [0.1, 0.15) is 12.3 Å². The van der Waals surface area contributed by atoms with Gasteiger partial charge in [0, 0.05) is 5.92 Å². The van der Waals surface area contributed by atoms with E-state index in [0.29, 0.717) is 0 Å². The summed E-state index contributed by atoms with van der Waals surface area (Å²) in [4.78, 5) is 36.6. The first-order valence-electron chi connectivity index (χ1n) is 10.5. The highest BCUT2D eigenvalue weighted by Gasteiger charge is 2.45. The average molecular weight is 477 g/mol. The van der Waals surface area contributed by atoms with Crippen LogP contribution in [-0.2, 0) is 23.8 Å². The average Bonchev–Trinajstić information content (AvgIpc) is 3.10. The molecule has 0 saturated heterocycles. The van der Waals surface area contributed by atoms with Crippen LogP contribution in [0.5, 0.6) is 0 Å². The molecule has 180 valence electrons. The van der Waals surface area contributed by atoms with Gasteiger partial charge in [-0.25, -0.2) is 14.4 Å². The molecular formula is C24H22F3NO6. The zero-order valence-corrected chi connectivity index (χ0v) is 18.4. The number of halogens is 3. The zero-order chi connectivity index (χ0) is 24.9. The number of rotatable bonds is 7. The number of benzene rings is 2. The van der Waals surface area contributed by atoms with Gasteiger partial charge in [0.05, 0.1) is 13.2 Å². The molecule has 0 heterocycles. The molecule has 1 aliphatic rings. The first-order valence-corrected chi connectivity index (χ1v) is 10.5. The summed E-state index contributed by atoms with van der Waals surface area (Å²) < 4.78 is 55.0. The number of fused-ring (bicyclic) bond motifs is 3. The highest BCUT2D eigenvalue weighted by molar-refractivity contribution is 6.03. The fourth-order valence-corrected chi connectivity index (χ4v) is 3.72. The molecule has 0 bridgehead atoms. The topological polar surface area (TPSA) is 90.9 Å². The van der Waals surface area contributed by atoms with E-state index in [1.807, 2.05) is 48.5 Å². The van der Waals surface area contributed by atoms with Crippen molar-refractivity contribution in [1.29, 1.82) is 0 Å². The van der Waals surface area contributed by atoms with Crippen LogP contribution in [0.1, 0.15) is 30.9 Å². The number of hydrogen-bond acceptors (Lipinski definition) is 6. The maximum Gasteiger partial charge on any atom is 0.425 e. The van der Waals surface area contributed by atoms with Crippen LogP contribution in [0, 0.1) is 0 Å². The Bertz CT molecular complexity index is 1080. The van der Waals surface area contributed by atoms with Crippen molar-refractivity contribution in [1.82, 2.24) is 5.32 Å². The van der Waals surface area contributed by atoms with E-state index in [1.54, 1.807) is 5.32 Å². The quantitative estimate of drug-likeness (QED) is 0.360. The number of nitrogens with one attached hydrogen (secondary N) is 1. The highest BCUT2D eigenvalue weighted by Crippen LogP contribution is 2.44. The molecule has 7 nitrogen and oxygen atoms in total. The molecule has 0 saturated carbocycles. The molecule has 0 aliphatic heterocycles. The molecule has 2 aromatic carbocycles.